The van der Waals surface area contributed by atoms with Crippen LogP contribution in [0.5, 0.6) is 11.5 Å². The van der Waals surface area contributed by atoms with Crippen LogP contribution >= 0.6 is 23.4 Å². The maximum absolute atomic E-state index is 13.2. The molecule has 3 heterocycles. The van der Waals surface area contributed by atoms with E-state index < -0.39 is 5.91 Å². The number of nitrogens with zero attached hydrogens (tertiary/aromatic N) is 5. The summed E-state index contributed by atoms with van der Waals surface area (Å²) in [5, 5.41) is 12.5. The summed E-state index contributed by atoms with van der Waals surface area (Å²) in [6.45, 7) is 2.88. The molecule has 9 nitrogen and oxygen atoms in total. The number of hydrogen-bond donors (Lipinski definition) is 1. The zero-order chi connectivity index (χ0) is 23.5. The van der Waals surface area contributed by atoms with Gasteiger partial charge in [0.1, 0.15) is 13.2 Å². The van der Waals surface area contributed by atoms with Crippen LogP contribution in [0.15, 0.2) is 60.0 Å². The average Bonchev–Trinajstić information content (AvgIpc) is 3.29. The number of ether oxygens (including phenoxy) is 2. The van der Waals surface area contributed by atoms with Crippen LogP contribution in [0.25, 0.3) is 5.69 Å². The Hall–Kier alpha value is -3.63. The molecule has 172 valence electrons. The molecule has 11 heteroatoms. The normalized spacial score (nSPS) is 12.4. The number of aromatic nitrogens is 5. The van der Waals surface area contributed by atoms with Gasteiger partial charge in [-0.25, -0.2) is 14.6 Å². The number of carbonyl (C=O) groups excluding carboxylic acids is 1. The Morgan fingerprint density at radius 2 is 1.91 bits per heavy atom. The highest BCUT2D eigenvalue weighted by atomic mass is 35.5. The van der Waals surface area contributed by atoms with Crippen molar-refractivity contribution in [2.45, 2.75) is 17.8 Å². The topological polar surface area (TPSA) is 104 Å². The number of rotatable bonds is 6. The van der Waals surface area contributed by atoms with Crippen molar-refractivity contribution in [1.29, 1.82) is 0 Å². The number of fused-ring (bicyclic) bond motifs is 1. The van der Waals surface area contributed by atoms with Gasteiger partial charge in [0.25, 0.3) is 5.91 Å². The first-order valence-corrected chi connectivity index (χ1v) is 11.8. The second kappa shape index (κ2) is 9.70. The van der Waals surface area contributed by atoms with Gasteiger partial charge in [-0.1, -0.05) is 34.6 Å². The van der Waals surface area contributed by atoms with Crippen molar-refractivity contribution in [3.8, 4) is 17.2 Å². The Morgan fingerprint density at radius 3 is 2.71 bits per heavy atom. The Labute approximate surface area is 204 Å². The number of aryl methyl sites for hydroxylation is 1. The summed E-state index contributed by atoms with van der Waals surface area (Å²) < 4.78 is 12.8. The van der Waals surface area contributed by atoms with Crippen LogP contribution in [0.2, 0.25) is 5.02 Å². The van der Waals surface area contributed by atoms with Gasteiger partial charge in [-0.15, -0.1) is 5.10 Å². The molecule has 2 aromatic carbocycles. The van der Waals surface area contributed by atoms with E-state index in [-0.39, 0.29) is 5.69 Å². The fraction of sp³-hybridized carbons (Fsp3) is 0.174. The maximum atomic E-state index is 13.2. The van der Waals surface area contributed by atoms with Gasteiger partial charge in [-0.3, -0.25) is 4.79 Å². The van der Waals surface area contributed by atoms with Gasteiger partial charge in [0.15, 0.2) is 22.3 Å². The smallest absolute Gasteiger partial charge is 0.278 e. The van der Waals surface area contributed by atoms with Crippen molar-refractivity contribution in [2.75, 3.05) is 18.5 Å². The molecule has 0 saturated heterocycles. The number of amides is 1. The Balaban J connectivity index is 1.46. The first-order chi connectivity index (χ1) is 16.6. The summed E-state index contributed by atoms with van der Waals surface area (Å²) >= 11 is 7.71. The maximum Gasteiger partial charge on any atom is 0.278 e. The van der Waals surface area contributed by atoms with Gasteiger partial charge >= 0.3 is 0 Å². The summed E-state index contributed by atoms with van der Waals surface area (Å²) in [5.41, 5.74) is 2.98. The molecule has 1 amide bonds. The van der Waals surface area contributed by atoms with Crippen LogP contribution in [0.4, 0.5) is 5.69 Å². The lowest BCUT2D eigenvalue weighted by molar-refractivity contribution is 0.102. The molecule has 0 bridgehead atoms. The van der Waals surface area contributed by atoms with Gasteiger partial charge < -0.3 is 14.8 Å². The highest BCUT2D eigenvalue weighted by molar-refractivity contribution is 7.98. The van der Waals surface area contributed by atoms with Gasteiger partial charge in [0, 0.05) is 34.9 Å². The van der Waals surface area contributed by atoms with Crippen molar-refractivity contribution in [1.82, 2.24) is 25.0 Å². The molecule has 1 aliphatic heterocycles. The molecule has 0 spiro atoms. The number of hydrogen-bond acceptors (Lipinski definition) is 8. The van der Waals surface area contributed by atoms with Gasteiger partial charge in [0.2, 0.25) is 0 Å². The van der Waals surface area contributed by atoms with E-state index in [2.05, 4.69) is 25.6 Å². The molecular formula is C23H19ClN6O3S. The van der Waals surface area contributed by atoms with Crippen molar-refractivity contribution in [3.63, 3.8) is 0 Å². The second-order valence-electron chi connectivity index (χ2n) is 7.36. The number of benzene rings is 2. The molecule has 0 radical (unpaired) electrons. The van der Waals surface area contributed by atoms with E-state index >= 15 is 0 Å². The molecule has 0 unspecified atom stereocenters. The first-order valence-electron chi connectivity index (χ1n) is 10.4. The monoisotopic (exact) mass is 494 g/mol. The lowest BCUT2D eigenvalue weighted by Crippen LogP contribution is -2.17. The van der Waals surface area contributed by atoms with Gasteiger partial charge in [0.05, 0.1) is 11.4 Å². The van der Waals surface area contributed by atoms with Gasteiger partial charge in [-0.2, -0.15) is 0 Å². The second-order valence-corrected chi connectivity index (χ2v) is 8.71. The SMILES string of the molecule is Cc1ccc(-n2nnc(C(=O)Nc3ccc4c(c3)OCCO4)c2CSc2ncccn2)cc1Cl. The summed E-state index contributed by atoms with van der Waals surface area (Å²) in [6, 6.07) is 12.6. The van der Waals surface area contributed by atoms with E-state index in [0.717, 1.165) is 5.56 Å². The molecular weight excluding hydrogens is 476 g/mol. The highest BCUT2D eigenvalue weighted by Gasteiger charge is 2.22. The van der Waals surface area contributed by atoms with Crippen LogP contribution in [-0.4, -0.2) is 44.1 Å². The van der Waals surface area contributed by atoms with E-state index in [1.54, 1.807) is 47.4 Å². The lowest BCUT2D eigenvalue weighted by atomic mass is 10.2. The number of anilines is 1. The van der Waals surface area contributed by atoms with E-state index in [0.29, 0.717) is 57.7 Å². The summed E-state index contributed by atoms with van der Waals surface area (Å²) in [4.78, 5) is 21.7. The molecule has 0 fully saturated rings. The molecule has 5 rings (SSSR count). The first kappa shape index (κ1) is 22.2. The van der Waals surface area contributed by atoms with E-state index in [1.165, 1.54) is 11.8 Å². The quantitative estimate of drug-likeness (QED) is 0.312. The lowest BCUT2D eigenvalue weighted by Gasteiger charge is -2.18. The predicted octanol–water partition coefficient (Wildman–Crippen LogP) is 4.33. The standard InChI is InChI=1S/C23H19ClN6O3S/c1-14-3-5-16(12-17(14)24)30-18(13-34-23-25-7-2-8-26-23)21(28-29-30)22(31)27-15-4-6-19-20(11-15)33-10-9-32-19/h2-8,11-12H,9-10,13H2,1H3,(H,27,31). The minimum absolute atomic E-state index is 0.190. The Bertz CT molecular complexity index is 1350. The molecule has 0 atom stereocenters. The number of thioether (sulfide) groups is 1. The largest absolute Gasteiger partial charge is 0.486 e. The molecule has 4 aromatic rings. The minimum Gasteiger partial charge on any atom is -0.486 e. The predicted molar refractivity (Wildman–Crippen MR) is 128 cm³/mol. The molecule has 1 aliphatic rings. The third kappa shape index (κ3) is 4.68. The van der Waals surface area contributed by atoms with Crippen LogP contribution in [0, 0.1) is 6.92 Å². The zero-order valence-corrected chi connectivity index (χ0v) is 19.6. The van der Waals surface area contributed by atoms with Crippen molar-refractivity contribution in [2.24, 2.45) is 0 Å². The van der Waals surface area contributed by atoms with E-state index in [4.69, 9.17) is 21.1 Å². The Morgan fingerprint density at radius 1 is 1.12 bits per heavy atom. The van der Waals surface area contributed by atoms with Crippen molar-refractivity contribution < 1.29 is 14.3 Å². The highest BCUT2D eigenvalue weighted by Crippen LogP contribution is 2.33. The van der Waals surface area contributed by atoms with Crippen LogP contribution in [-0.2, 0) is 5.75 Å². The molecule has 0 aliphatic carbocycles. The van der Waals surface area contributed by atoms with Crippen LogP contribution < -0.4 is 14.8 Å². The Kier molecular flexibility index (Phi) is 6.33. The fourth-order valence-corrected chi connectivity index (χ4v) is 4.30. The van der Waals surface area contributed by atoms with E-state index in [1.807, 2.05) is 19.1 Å². The third-order valence-corrected chi connectivity index (χ3v) is 6.35. The molecule has 2 aromatic heterocycles. The zero-order valence-electron chi connectivity index (χ0n) is 18.1. The number of nitrogens with one attached hydrogen (secondary N) is 1. The third-order valence-electron chi connectivity index (χ3n) is 5.06. The minimum atomic E-state index is -0.397. The van der Waals surface area contributed by atoms with Crippen molar-refractivity contribution in [3.05, 3.63) is 76.8 Å². The average molecular weight is 495 g/mol. The van der Waals surface area contributed by atoms with Crippen LogP contribution in [0.1, 0.15) is 21.7 Å². The van der Waals surface area contributed by atoms with Crippen LogP contribution in [0.3, 0.4) is 0 Å². The number of carbonyl (C=O) groups is 1. The summed E-state index contributed by atoms with van der Waals surface area (Å²) in [6.07, 6.45) is 3.33. The molecule has 0 saturated carbocycles. The van der Waals surface area contributed by atoms with E-state index in [9.17, 15) is 4.79 Å². The van der Waals surface area contributed by atoms with Gasteiger partial charge in [-0.05, 0) is 42.8 Å². The summed E-state index contributed by atoms with van der Waals surface area (Å²) in [5.74, 6) is 1.20. The summed E-state index contributed by atoms with van der Waals surface area (Å²) in [7, 11) is 0. The van der Waals surface area contributed by atoms with Crippen molar-refractivity contribution >= 4 is 35.0 Å². The fourth-order valence-electron chi connectivity index (χ4n) is 3.33. The molecule has 1 N–H and O–H groups in total. The molecule has 34 heavy (non-hydrogen) atoms. The number of halogens is 1.